The van der Waals surface area contributed by atoms with Gasteiger partial charge in [-0.1, -0.05) is 24.3 Å². The van der Waals surface area contributed by atoms with Gasteiger partial charge in [-0.25, -0.2) is 4.98 Å². The fourth-order valence-corrected chi connectivity index (χ4v) is 3.87. The third-order valence-electron chi connectivity index (χ3n) is 5.81. The Labute approximate surface area is 182 Å². The summed E-state index contributed by atoms with van der Waals surface area (Å²) >= 11 is 0. The molecule has 1 N–H and O–H groups in total. The van der Waals surface area contributed by atoms with Crippen LogP contribution >= 0.6 is 0 Å². The maximum Gasteiger partial charge on any atom is 0.416 e. The van der Waals surface area contributed by atoms with Crippen LogP contribution in [0.4, 0.5) is 18.9 Å². The normalized spacial score (nSPS) is 14.0. The number of nitrogens with zero attached hydrogens (tertiary/aromatic N) is 2. The first-order chi connectivity index (χ1) is 15.3. The van der Waals surface area contributed by atoms with E-state index in [1.807, 2.05) is 29.7 Å². The summed E-state index contributed by atoms with van der Waals surface area (Å²) < 4.78 is 40.2. The van der Waals surface area contributed by atoms with Gasteiger partial charge in [0.15, 0.2) is 0 Å². The zero-order valence-electron chi connectivity index (χ0n) is 17.3. The van der Waals surface area contributed by atoms with Gasteiger partial charge in [0, 0.05) is 23.4 Å². The molecule has 2 aromatic carbocycles. The lowest BCUT2D eigenvalue weighted by Crippen LogP contribution is -2.12. The number of pyridine rings is 1. The second-order valence-electron chi connectivity index (χ2n) is 8.11. The van der Waals surface area contributed by atoms with Gasteiger partial charge in [-0.2, -0.15) is 13.2 Å². The topological polar surface area (TPSA) is 46.4 Å². The molecule has 7 heteroatoms. The molecule has 4 aromatic rings. The highest BCUT2D eigenvalue weighted by Gasteiger charge is 2.30. The van der Waals surface area contributed by atoms with Gasteiger partial charge in [0.25, 0.3) is 5.91 Å². The molecular formula is C25H20F3N3O. The van der Waals surface area contributed by atoms with Crippen molar-refractivity contribution in [3.63, 3.8) is 0 Å². The van der Waals surface area contributed by atoms with Gasteiger partial charge in [-0.15, -0.1) is 0 Å². The summed E-state index contributed by atoms with van der Waals surface area (Å²) in [4.78, 5) is 17.4. The molecule has 1 fully saturated rings. The van der Waals surface area contributed by atoms with Crippen molar-refractivity contribution in [2.24, 2.45) is 0 Å². The predicted molar refractivity (Wildman–Crippen MR) is 117 cm³/mol. The maximum absolute atomic E-state index is 12.7. The standard InChI is InChI=1S/C25H20F3N3O/c1-15-23(18-4-5-18)30-22-13-12-21(14-31(15)22)29-24(32)19-6-2-16(3-7-19)17-8-10-20(11-9-17)25(26,27)28/h2-3,6-14,18H,4-5H2,1H3,(H,29,32). The minimum atomic E-state index is -4.36. The Balaban J connectivity index is 1.32. The Bertz CT molecular complexity index is 1300. The first-order valence-corrected chi connectivity index (χ1v) is 10.4. The van der Waals surface area contributed by atoms with E-state index in [9.17, 15) is 18.0 Å². The van der Waals surface area contributed by atoms with Crippen LogP contribution in [0.1, 0.15) is 46.1 Å². The number of carbonyl (C=O) groups excluding carboxylic acids is 1. The van der Waals surface area contributed by atoms with E-state index in [2.05, 4.69) is 5.32 Å². The second-order valence-corrected chi connectivity index (χ2v) is 8.11. The predicted octanol–water partition coefficient (Wildman–Crippen LogP) is 6.46. The minimum absolute atomic E-state index is 0.261. The molecule has 32 heavy (non-hydrogen) atoms. The van der Waals surface area contributed by atoms with Crippen molar-refractivity contribution in [2.75, 3.05) is 5.32 Å². The third kappa shape index (κ3) is 3.86. The molecule has 5 rings (SSSR count). The summed E-state index contributed by atoms with van der Waals surface area (Å²) in [5.41, 5.74) is 4.91. The lowest BCUT2D eigenvalue weighted by atomic mass is 10.0. The van der Waals surface area contributed by atoms with Crippen molar-refractivity contribution in [3.8, 4) is 11.1 Å². The Hall–Kier alpha value is -3.61. The first-order valence-electron chi connectivity index (χ1n) is 10.4. The molecular weight excluding hydrogens is 415 g/mol. The van der Waals surface area contributed by atoms with E-state index in [4.69, 9.17) is 4.98 Å². The number of alkyl halides is 3. The second kappa shape index (κ2) is 7.51. The van der Waals surface area contributed by atoms with E-state index in [1.165, 1.54) is 25.0 Å². The molecule has 1 aliphatic carbocycles. The van der Waals surface area contributed by atoms with Crippen molar-refractivity contribution in [1.82, 2.24) is 9.38 Å². The monoisotopic (exact) mass is 435 g/mol. The number of fused-ring (bicyclic) bond motifs is 1. The number of benzene rings is 2. The highest BCUT2D eigenvalue weighted by molar-refractivity contribution is 6.04. The average Bonchev–Trinajstić information content (AvgIpc) is 3.57. The lowest BCUT2D eigenvalue weighted by molar-refractivity contribution is -0.137. The SMILES string of the molecule is Cc1c(C2CC2)nc2ccc(NC(=O)c3ccc(-c4ccc(C(F)(F)F)cc4)cc3)cn12. The lowest BCUT2D eigenvalue weighted by Gasteiger charge is -2.09. The number of hydrogen-bond acceptors (Lipinski definition) is 2. The Morgan fingerprint density at radius 2 is 1.59 bits per heavy atom. The van der Waals surface area contributed by atoms with Gasteiger partial charge in [0.1, 0.15) is 5.65 Å². The van der Waals surface area contributed by atoms with Gasteiger partial charge < -0.3 is 9.72 Å². The number of aromatic nitrogens is 2. The molecule has 162 valence electrons. The van der Waals surface area contributed by atoms with E-state index in [-0.39, 0.29) is 5.91 Å². The van der Waals surface area contributed by atoms with Crippen LogP contribution in [0.3, 0.4) is 0 Å². The Kier molecular flexibility index (Phi) is 4.77. The summed E-state index contributed by atoms with van der Waals surface area (Å²) in [6, 6.07) is 15.5. The number of anilines is 1. The van der Waals surface area contributed by atoms with E-state index < -0.39 is 11.7 Å². The summed E-state index contributed by atoms with van der Waals surface area (Å²) in [7, 11) is 0. The maximum atomic E-state index is 12.7. The molecule has 0 aliphatic heterocycles. The van der Waals surface area contributed by atoms with Gasteiger partial charge >= 0.3 is 6.18 Å². The van der Waals surface area contributed by atoms with Crippen LogP contribution in [-0.4, -0.2) is 15.3 Å². The number of imidazole rings is 1. The summed E-state index contributed by atoms with van der Waals surface area (Å²) in [5, 5.41) is 2.90. The number of rotatable bonds is 4. The van der Waals surface area contributed by atoms with Crippen LogP contribution in [0.15, 0.2) is 66.9 Å². The quantitative estimate of drug-likeness (QED) is 0.400. The molecule has 0 bridgehead atoms. The first kappa shape index (κ1) is 20.3. The smallest absolute Gasteiger partial charge is 0.321 e. The molecule has 2 aromatic heterocycles. The molecule has 0 unspecified atom stereocenters. The van der Waals surface area contributed by atoms with Crippen molar-refractivity contribution in [2.45, 2.75) is 31.9 Å². The molecule has 0 spiro atoms. The molecule has 1 amide bonds. The summed E-state index contributed by atoms with van der Waals surface area (Å²) in [6.07, 6.45) is -0.135. The highest BCUT2D eigenvalue weighted by atomic mass is 19.4. The highest BCUT2D eigenvalue weighted by Crippen LogP contribution is 2.41. The van der Waals surface area contributed by atoms with E-state index in [0.29, 0.717) is 22.7 Å². The van der Waals surface area contributed by atoms with Crippen molar-refractivity contribution < 1.29 is 18.0 Å². The third-order valence-corrected chi connectivity index (χ3v) is 5.81. The minimum Gasteiger partial charge on any atom is -0.321 e. The van der Waals surface area contributed by atoms with Gasteiger partial charge in [-0.3, -0.25) is 4.79 Å². The molecule has 0 saturated heterocycles. The van der Waals surface area contributed by atoms with Crippen LogP contribution in [0.25, 0.3) is 16.8 Å². The van der Waals surface area contributed by atoms with Crippen LogP contribution in [-0.2, 0) is 6.18 Å². The number of halogens is 3. The van der Waals surface area contributed by atoms with Crippen LogP contribution < -0.4 is 5.32 Å². The number of amides is 1. The van der Waals surface area contributed by atoms with Crippen LogP contribution in [0.2, 0.25) is 0 Å². The van der Waals surface area contributed by atoms with E-state index in [0.717, 1.165) is 34.7 Å². The van der Waals surface area contributed by atoms with E-state index in [1.54, 1.807) is 24.3 Å². The van der Waals surface area contributed by atoms with Gasteiger partial charge in [0.2, 0.25) is 0 Å². The van der Waals surface area contributed by atoms with E-state index >= 15 is 0 Å². The molecule has 4 nitrogen and oxygen atoms in total. The van der Waals surface area contributed by atoms with Crippen LogP contribution in [0, 0.1) is 6.92 Å². The molecule has 1 aliphatic rings. The fraction of sp³-hybridized carbons (Fsp3) is 0.200. The van der Waals surface area contributed by atoms with Crippen molar-refractivity contribution >= 4 is 17.2 Å². The largest absolute Gasteiger partial charge is 0.416 e. The molecule has 0 radical (unpaired) electrons. The van der Waals surface area contributed by atoms with Gasteiger partial charge in [0.05, 0.1) is 16.9 Å². The summed E-state index contributed by atoms with van der Waals surface area (Å²) in [6.45, 7) is 2.04. The Morgan fingerprint density at radius 1 is 0.969 bits per heavy atom. The number of carbonyl (C=O) groups is 1. The number of nitrogens with one attached hydrogen (secondary N) is 1. The number of hydrogen-bond donors (Lipinski definition) is 1. The average molecular weight is 435 g/mol. The zero-order chi connectivity index (χ0) is 22.5. The van der Waals surface area contributed by atoms with Crippen molar-refractivity contribution in [3.05, 3.63) is 89.4 Å². The zero-order valence-corrected chi connectivity index (χ0v) is 17.3. The van der Waals surface area contributed by atoms with Crippen LogP contribution in [0.5, 0.6) is 0 Å². The number of aryl methyl sites for hydroxylation is 1. The Morgan fingerprint density at radius 3 is 2.19 bits per heavy atom. The van der Waals surface area contributed by atoms with Gasteiger partial charge in [-0.05, 0) is 67.3 Å². The molecule has 0 atom stereocenters. The molecule has 1 saturated carbocycles. The fourth-order valence-electron chi connectivity index (χ4n) is 3.87. The van der Waals surface area contributed by atoms with Crippen molar-refractivity contribution in [1.29, 1.82) is 0 Å². The molecule has 2 heterocycles. The summed E-state index contributed by atoms with van der Waals surface area (Å²) in [5.74, 6) is 0.291.